The standard InChI is InChI=1S/C15H12O.C3H4N2/c16-15(14-9-5-2-6-10-14)12-11-13-7-3-1-4-8-13;1-2-4-5-3-1/h1-12H;1-3H,(H,4,5). The highest BCUT2D eigenvalue weighted by Crippen LogP contribution is 2.05. The maximum Gasteiger partial charge on any atom is 0.185 e. The lowest BCUT2D eigenvalue weighted by molar-refractivity contribution is 0.104. The molecule has 0 aliphatic heterocycles. The van der Waals surface area contributed by atoms with Gasteiger partial charge < -0.3 is 0 Å². The van der Waals surface area contributed by atoms with E-state index in [0.717, 1.165) is 11.1 Å². The summed E-state index contributed by atoms with van der Waals surface area (Å²) in [5.41, 5.74) is 1.75. The fraction of sp³-hybridized carbons (Fsp3) is 0. The molecule has 0 aliphatic carbocycles. The van der Waals surface area contributed by atoms with Crippen LogP contribution in [-0.4, -0.2) is 16.0 Å². The van der Waals surface area contributed by atoms with Gasteiger partial charge in [-0.15, -0.1) is 0 Å². The van der Waals surface area contributed by atoms with Crippen LogP contribution in [0, 0.1) is 0 Å². The fourth-order valence-corrected chi connectivity index (χ4v) is 1.65. The number of aromatic amines is 1. The van der Waals surface area contributed by atoms with E-state index in [2.05, 4.69) is 10.2 Å². The van der Waals surface area contributed by atoms with Crippen molar-refractivity contribution in [3.05, 3.63) is 96.3 Å². The number of allylic oxidation sites excluding steroid dienone is 1. The van der Waals surface area contributed by atoms with E-state index in [4.69, 9.17) is 0 Å². The third kappa shape index (κ3) is 5.28. The molecule has 21 heavy (non-hydrogen) atoms. The molecule has 0 fully saturated rings. The molecule has 1 aromatic heterocycles. The minimum Gasteiger partial charge on any atom is -0.289 e. The van der Waals surface area contributed by atoms with Crippen molar-refractivity contribution in [2.24, 2.45) is 0 Å². The number of nitrogens with one attached hydrogen (secondary N) is 1. The summed E-state index contributed by atoms with van der Waals surface area (Å²) in [6.07, 6.45) is 6.89. The minimum atomic E-state index is 0.0319. The molecule has 3 heteroatoms. The van der Waals surface area contributed by atoms with Crippen LogP contribution in [0.15, 0.2) is 85.2 Å². The van der Waals surface area contributed by atoms with Crippen LogP contribution < -0.4 is 0 Å². The second-order valence-corrected chi connectivity index (χ2v) is 4.24. The van der Waals surface area contributed by atoms with Gasteiger partial charge in [-0.25, -0.2) is 0 Å². The summed E-state index contributed by atoms with van der Waals surface area (Å²) in [7, 11) is 0. The highest BCUT2D eigenvalue weighted by atomic mass is 16.1. The molecule has 104 valence electrons. The molecule has 3 rings (SSSR count). The number of ketones is 1. The highest BCUT2D eigenvalue weighted by molar-refractivity contribution is 6.06. The van der Waals surface area contributed by atoms with E-state index in [1.165, 1.54) is 0 Å². The molecule has 1 N–H and O–H groups in total. The maximum absolute atomic E-state index is 11.7. The number of carbonyl (C=O) groups excluding carboxylic acids is 1. The van der Waals surface area contributed by atoms with Crippen molar-refractivity contribution in [3.63, 3.8) is 0 Å². The molecule has 0 aliphatic rings. The molecule has 0 unspecified atom stereocenters. The second kappa shape index (κ2) is 8.27. The Hall–Kier alpha value is -2.94. The van der Waals surface area contributed by atoms with Gasteiger partial charge in [0.2, 0.25) is 0 Å². The number of carbonyl (C=O) groups is 1. The molecule has 3 aromatic rings. The molecule has 0 spiro atoms. The zero-order valence-corrected chi connectivity index (χ0v) is 11.5. The van der Waals surface area contributed by atoms with Crippen molar-refractivity contribution < 1.29 is 4.79 Å². The van der Waals surface area contributed by atoms with Crippen molar-refractivity contribution in [1.82, 2.24) is 10.2 Å². The van der Waals surface area contributed by atoms with Gasteiger partial charge >= 0.3 is 0 Å². The molecule has 0 atom stereocenters. The first-order chi connectivity index (χ1) is 10.4. The Bertz CT molecular complexity index is 642. The van der Waals surface area contributed by atoms with Gasteiger partial charge in [-0.05, 0) is 17.7 Å². The van der Waals surface area contributed by atoms with Crippen LogP contribution in [0.25, 0.3) is 6.08 Å². The molecule has 0 amide bonds. The summed E-state index contributed by atoms with van der Waals surface area (Å²) in [5.74, 6) is 0.0319. The van der Waals surface area contributed by atoms with E-state index in [1.54, 1.807) is 18.5 Å². The molecule has 3 nitrogen and oxygen atoms in total. The number of benzene rings is 2. The van der Waals surface area contributed by atoms with Crippen LogP contribution in [0.3, 0.4) is 0 Å². The molecular weight excluding hydrogens is 260 g/mol. The van der Waals surface area contributed by atoms with Crippen LogP contribution in [0.4, 0.5) is 0 Å². The van der Waals surface area contributed by atoms with E-state index in [9.17, 15) is 4.79 Å². The van der Waals surface area contributed by atoms with Crippen LogP contribution in [0.5, 0.6) is 0 Å². The third-order valence-corrected chi connectivity index (χ3v) is 2.69. The van der Waals surface area contributed by atoms with E-state index in [-0.39, 0.29) is 5.78 Å². The van der Waals surface area contributed by atoms with Crippen molar-refractivity contribution >= 4 is 11.9 Å². The van der Waals surface area contributed by atoms with Crippen LogP contribution in [-0.2, 0) is 0 Å². The van der Waals surface area contributed by atoms with Crippen molar-refractivity contribution in [2.75, 3.05) is 0 Å². The summed E-state index contributed by atoms with van der Waals surface area (Å²) in [6.45, 7) is 0. The number of hydrogen-bond acceptors (Lipinski definition) is 2. The summed E-state index contributed by atoms with van der Waals surface area (Å²) in [5, 5.41) is 6.21. The Balaban J connectivity index is 0.000000272. The zero-order valence-electron chi connectivity index (χ0n) is 11.5. The quantitative estimate of drug-likeness (QED) is 0.580. The summed E-state index contributed by atoms with van der Waals surface area (Å²) < 4.78 is 0. The summed E-state index contributed by atoms with van der Waals surface area (Å²) >= 11 is 0. The van der Waals surface area contributed by atoms with Crippen molar-refractivity contribution in [1.29, 1.82) is 0 Å². The Morgan fingerprint density at radius 3 is 2.10 bits per heavy atom. The van der Waals surface area contributed by atoms with E-state index >= 15 is 0 Å². The molecular formula is C18H16N2O. The Morgan fingerprint density at radius 1 is 0.905 bits per heavy atom. The molecule has 0 saturated heterocycles. The lowest BCUT2D eigenvalue weighted by Gasteiger charge is -1.94. The number of H-pyrrole nitrogens is 1. The molecule has 0 bridgehead atoms. The van der Waals surface area contributed by atoms with Gasteiger partial charge in [0.1, 0.15) is 0 Å². The third-order valence-electron chi connectivity index (χ3n) is 2.69. The van der Waals surface area contributed by atoms with Crippen LogP contribution >= 0.6 is 0 Å². The van der Waals surface area contributed by atoms with E-state index in [1.807, 2.05) is 72.8 Å². The van der Waals surface area contributed by atoms with Crippen molar-refractivity contribution in [2.45, 2.75) is 0 Å². The van der Waals surface area contributed by atoms with Crippen LogP contribution in [0.2, 0.25) is 0 Å². The average molecular weight is 276 g/mol. The van der Waals surface area contributed by atoms with E-state index in [0.29, 0.717) is 0 Å². The van der Waals surface area contributed by atoms with Gasteiger partial charge in [-0.1, -0.05) is 66.7 Å². The normalized spacial score (nSPS) is 9.90. The molecule has 0 saturated carbocycles. The number of aromatic nitrogens is 2. The Morgan fingerprint density at radius 2 is 1.57 bits per heavy atom. The van der Waals surface area contributed by atoms with Gasteiger partial charge in [-0.2, -0.15) is 5.10 Å². The summed E-state index contributed by atoms with van der Waals surface area (Å²) in [6, 6.07) is 20.9. The Labute approximate surface area is 124 Å². The van der Waals surface area contributed by atoms with Gasteiger partial charge in [0, 0.05) is 18.0 Å². The van der Waals surface area contributed by atoms with Gasteiger partial charge in [-0.3, -0.25) is 9.89 Å². The second-order valence-electron chi connectivity index (χ2n) is 4.24. The van der Waals surface area contributed by atoms with Gasteiger partial charge in [0.15, 0.2) is 5.78 Å². The zero-order chi connectivity index (χ0) is 14.8. The van der Waals surface area contributed by atoms with Gasteiger partial charge in [0.25, 0.3) is 0 Å². The monoisotopic (exact) mass is 276 g/mol. The largest absolute Gasteiger partial charge is 0.289 e. The highest BCUT2D eigenvalue weighted by Gasteiger charge is 1.98. The van der Waals surface area contributed by atoms with Gasteiger partial charge in [0.05, 0.1) is 0 Å². The number of rotatable bonds is 3. The maximum atomic E-state index is 11.7. The summed E-state index contributed by atoms with van der Waals surface area (Å²) in [4.78, 5) is 11.7. The lowest BCUT2D eigenvalue weighted by Crippen LogP contribution is -1.92. The number of nitrogens with zero attached hydrogens (tertiary/aromatic N) is 1. The van der Waals surface area contributed by atoms with Crippen LogP contribution in [0.1, 0.15) is 15.9 Å². The van der Waals surface area contributed by atoms with Crippen molar-refractivity contribution in [3.8, 4) is 0 Å². The predicted molar refractivity (Wildman–Crippen MR) is 84.8 cm³/mol. The SMILES string of the molecule is O=C(C=Cc1ccccc1)c1ccccc1.c1cn[nH]c1. The molecule has 2 aromatic carbocycles. The smallest absolute Gasteiger partial charge is 0.185 e. The average Bonchev–Trinajstić information content (AvgIpc) is 3.14. The molecule has 0 radical (unpaired) electrons. The topological polar surface area (TPSA) is 45.8 Å². The number of hydrogen-bond donors (Lipinski definition) is 1. The van der Waals surface area contributed by atoms with E-state index < -0.39 is 0 Å². The first kappa shape index (κ1) is 14.5. The fourth-order valence-electron chi connectivity index (χ4n) is 1.65. The first-order valence-electron chi connectivity index (χ1n) is 6.62. The first-order valence-corrected chi connectivity index (χ1v) is 6.62. The minimum absolute atomic E-state index is 0.0319. The predicted octanol–water partition coefficient (Wildman–Crippen LogP) is 3.99. The lowest BCUT2D eigenvalue weighted by atomic mass is 10.1. The molecule has 1 heterocycles. The Kier molecular flexibility index (Phi) is 5.70.